The molecule has 3 nitrogen and oxygen atoms in total. The van der Waals surface area contributed by atoms with E-state index in [2.05, 4.69) is 11.5 Å². The monoisotopic (exact) mass is 223 g/mol. The lowest BCUT2D eigenvalue weighted by Gasteiger charge is -2.46. The average molecular weight is 223 g/mol. The molecule has 0 radical (unpaired) electrons. The normalized spacial score (nSPS) is 35.4. The molecule has 2 aliphatic rings. The largest absolute Gasteiger partial charge is 0.480 e. The third-order valence-electron chi connectivity index (χ3n) is 4.13. The van der Waals surface area contributed by atoms with Gasteiger partial charge < -0.3 is 5.11 Å². The molecule has 1 aliphatic heterocycles. The summed E-state index contributed by atoms with van der Waals surface area (Å²) in [5.41, 5.74) is 0. The Morgan fingerprint density at radius 2 is 2.06 bits per heavy atom. The molecule has 3 unspecified atom stereocenters. The summed E-state index contributed by atoms with van der Waals surface area (Å²) in [5, 5.41) is 9.25. The van der Waals surface area contributed by atoms with E-state index in [0.717, 1.165) is 25.3 Å². The van der Waals surface area contributed by atoms with Gasteiger partial charge in [0, 0.05) is 12.6 Å². The van der Waals surface area contributed by atoms with Gasteiger partial charge in [-0.2, -0.15) is 0 Å². The SMILES string of the molecule is C=CCN1C(C(=O)O)CCC2CCCCC21. The molecule has 1 heterocycles. The third-order valence-corrected chi connectivity index (χ3v) is 4.13. The lowest BCUT2D eigenvalue weighted by Crippen LogP contribution is -2.54. The van der Waals surface area contributed by atoms with Gasteiger partial charge in [0.1, 0.15) is 6.04 Å². The molecule has 16 heavy (non-hydrogen) atoms. The van der Waals surface area contributed by atoms with E-state index in [0.29, 0.717) is 6.04 Å². The molecule has 1 saturated carbocycles. The van der Waals surface area contributed by atoms with Crippen molar-refractivity contribution in [3.63, 3.8) is 0 Å². The van der Waals surface area contributed by atoms with Crippen molar-refractivity contribution in [1.82, 2.24) is 4.90 Å². The number of carboxylic acid groups (broad SMARTS) is 1. The fraction of sp³-hybridized carbons (Fsp3) is 0.769. The number of hydrogen-bond donors (Lipinski definition) is 1. The summed E-state index contributed by atoms with van der Waals surface area (Å²) in [6.45, 7) is 4.47. The molecule has 1 N–H and O–H groups in total. The van der Waals surface area contributed by atoms with Gasteiger partial charge in [0.15, 0.2) is 0 Å². The molecule has 0 aromatic rings. The molecule has 3 heteroatoms. The number of nitrogens with zero attached hydrogens (tertiary/aromatic N) is 1. The first-order valence-electron chi connectivity index (χ1n) is 6.33. The maximum Gasteiger partial charge on any atom is 0.320 e. The Bertz CT molecular complexity index is 277. The standard InChI is InChI=1S/C13H21NO2/c1-2-9-14-11-6-4-3-5-10(11)7-8-12(14)13(15)16/h2,10-12H,1,3-9H2,(H,15,16). The van der Waals surface area contributed by atoms with Crippen LogP contribution in [0, 0.1) is 5.92 Å². The van der Waals surface area contributed by atoms with Gasteiger partial charge in [0.2, 0.25) is 0 Å². The van der Waals surface area contributed by atoms with E-state index in [-0.39, 0.29) is 6.04 Å². The molecular weight excluding hydrogens is 202 g/mol. The Morgan fingerprint density at radius 1 is 1.31 bits per heavy atom. The predicted molar refractivity (Wildman–Crippen MR) is 63.3 cm³/mol. The zero-order valence-electron chi connectivity index (χ0n) is 9.77. The molecule has 3 atom stereocenters. The lowest BCUT2D eigenvalue weighted by atomic mass is 9.76. The maximum absolute atomic E-state index is 11.2. The van der Waals surface area contributed by atoms with Crippen LogP contribution < -0.4 is 0 Å². The van der Waals surface area contributed by atoms with Gasteiger partial charge >= 0.3 is 5.97 Å². The smallest absolute Gasteiger partial charge is 0.320 e. The Hall–Kier alpha value is -0.830. The summed E-state index contributed by atoms with van der Waals surface area (Å²) in [7, 11) is 0. The van der Waals surface area contributed by atoms with Gasteiger partial charge in [-0.1, -0.05) is 18.9 Å². The topological polar surface area (TPSA) is 40.5 Å². The first kappa shape index (κ1) is 11.6. The summed E-state index contributed by atoms with van der Waals surface area (Å²) in [5.74, 6) is 0.0650. The second-order valence-corrected chi connectivity index (χ2v) is 5.03. The number of likely N-dealkylation sites (tertiary alicyclic amines) is 1. The molecule has 1 aliphatic carbocycles. The first-order chi connectivity index (χ1) is 7.74. The van der Waals surface area contributed by atoms with Crippen LogP contribution in [0.4, 0.5) is 0 Å². The van der Waals surface area contributed by atoms with E-state index in [1.807, 2.05) is 6.08 Å². The van der Waals surface area contributed by atoms with E-state index in [1.165, 1.54) is 25.7 Å². The molecular formula is C13H21NO2. The number of hydrogen-bond acceptors (Lipinski definition) is 2. The van der Waals surface area contributed by atoms with Crippen LogP contribution in [0.15, 0.2) is 12.7 Å². The highest BCUT2D eigenvalue weighted by Crippen LogP contribution is 2.37. The zero-order valence-corrected chi connectivity index (χ0v) is 9.77. The third kappa shape index (κ3) is 2.14. The van der Waals surface area contributed by atoms with Crippen molar-refractivity contribution in [1.29, 1.82) is 0 Å². The molecule has 0 aromatic heterocycles. The molecule has 0 spiro atoms. The minimum atomic E-state index is -0.661. The fourth-order valence-corrected chi connectivity index (χ4v) is 3.41. The van der Waals surface area contributed by atoms with Crippen molar-refractivity contribution >= 4 is 5.97 Å². The summed E-state index contributed by atoms with van der Waals surface area (Å²) in [6, 6.07) is 0.207. The maximum atomic E-state index is 11.2. The Labute approximate surface area is 97.1 Å². The highest BCUT2D eigenvalue weighted by Gasteiger charge is 2.40. The van der Waals surface area contributed by atoms with Crippen LogP contribution in [0.25, 0.3) is 0 Å². The van der Waals surface area contributed by atoms with E-state index < -0.39 is 5.97 Å². The Kier molecular flexibility index (Phi) is 3.64. The van der Waals surface area contributed by atoms with Crippen LogP contribution in [0.5, 0.6) is 0 Å². The lowest BCUT2D eigenvalue weighted by molar-refractivity contribution is -0.147. The quantitative estimate of drug-likeness (QED) is 0.746. The second-order valence-electron chi connectivity index (χ2n) is 5.03. The van der Waals surface area contributed by atoms with Gasteiger partial charge in [0.05, 0.1) is 0 Å². The second kappa shape index (κ2) is 5.00. The number of piperidine rings is 1. The van der Waals surface area contributed by atoms with Crippen LogP contribution in [0.2, 0.25) is 0 Å². The number of rotatable bonds is 3. The molecule has 0 bridgehead atoms. The van der Waals surface area contributed by atoms with E-state index in [9.17, 15) is 9.90 Å². The molecule has 1 saturated heterocycles. The number of carbonyl (C=O) groups is 1. The van der Waals surface area contributed by atoms with Gasteiger partial charge in [0.25, 0.3) is 0 Å². The summed E-state index contributed by atoms with van der Waals surface area (Å²) >= 11 is 0. The highest BCUT2D eigenvalue weighted by molar-refractivity contribution is 5.73. The van der Waals surface area contributed by atoms with Crippen molar-refractivity contribution in [2.75, 3.05) is 6.54 Å². The minimum absolute atomic E-state index is 0.280. The zero-order chi connectivity index (χ0) is 11.5. The molecule has 2 rings (SSSR count). The minimum Gasteiger partial charge on any atom is -0.480 e. The fourth-order valence-electron chi connectivity index (χ4n) is 3.41. The molecule has 0 amide bonds. The molecule has 0 aromatic carbocycles. The average Bonchev–Trinajstić information content (AvgIpc) is 2.29. The van der Waals surface area contributed by atoms with Crippen LogP contribution >= 0.6 is 0 Å². The summed E-state index contributed by atoms with van der Waals surface area (Å²) in [4.78, 5) is 13.4. The Morgan fingerprint density at radius 3 is 2.75 bits per heavy atom. The van der Waals surface area contributed by atoms with Gasteiger partial charge in [-0.3, -0.25) is 9.69 Å². The highest BCUT2D eigenvalue weighted by atomic mass is 16.4. The predicted octanol–water partition coefficient (Wildman–Crippen LogP) is 2.28. The first-order valence-corrected chi connectivity index (χ1v) is 6.33. The van der Waals surface area contributed by atoms with Crippen molar-refractivity contribution in [2.24, 2.45) is 5.92 Å². The van der Waals surface area contributed by atoms with E-state index >= 15 is 0 Å². The van der Waals surface area contributed by atoms with Crippen LogP contribution in [-0.4, -0.2) is 34.6 Å². The van der Waals surface area contributed by atoms with Crippen LogP contribution in [0.3, 0.4) is 0 Å². The van der Waals surface area contributed by atoms with Crippen LogP contribution in [-0.2, 0) is 4.79 Å². The molecule has 90 valence electrons. The number of carboxylic acids is 1. The number of aliphatic carboxylic acids is 1. The summed E-state index contributed by atoms with van der Waals surface area (Å²) in [6.07, 6.45) is 8.77. The van der Waals surface area contributed by atoms with E-state index in [1.54, 1.807) is 0 Å². The Balaban J connectivity index is 2.13. The van der Waals surface area contributed by atoms with E-state index in [4.69, 9.17) is 0 Å². The van der Waals surface area contributed by atoms with Crippen molar-refractivity contribution < 1.29 is 9.90 Å². The van der Waals surface area contributed by atoms with Crippen LogP contribution in [0.1, 0.15) is 38.5 Å². The summed E-state index contributed by atoms with van der Waals surface area (Å²) < 4.78 is 0. The number of fused-ring (bicyclic) bond motifs is 1. The van der Waals surface area contributed by atoms with Crippen molar-refractivity contribution in [3.05, 3.63) is 12.7 Å². The van der Waals surface area contributed by atoms with Crippen molar-refractivity contribution in [3.8, 4) is 0 Å². The molecule has 2 fully saturated rings. The van der Waals surface area contributed by atoms with Gasteiger partial charge in [-0.05, 0) is 31.6 Å². The van der Waals surface area contributed by atoms with Gasteiger partial charge in [-0.25, -0.2) is 0 Å². The van der Waals surface area contributed by atoms with Gasteiger partial charge in [-0.15, -0.1) is 6.58 Å². The van der Waals surface area contributed by atoms with Crippen molar-refractivity contribution in [2.45, 2.75) is 50.6 Å².